The van der Waals surface area contributed by atoms with Crippen molar-refractivity contribution in [3.63, 3.8) is 0 Å². The molecule has 0 spiro atoms. The smallest absolute Gasteiger partial charge is 0.279 e. The molecular weight excluding hydrogens is 399 g/mol. The second-order valence-corrected chi connectivity index (χ2v) is 9.31. The van der Waals surface area contributed by atoms with Gasteiger partial charge in [-0.15, -0.1) is 3.89 Å². The van der Waals surface area contributed by atoms with Crippen LogP contribution < -0.4 is 10.4 Å². The zero-order chi connectivity index (χ0) is 19.7. The van der Waals surface area contributed by atoms with Crippen molar-refractivity contribution in [2.75, 3.05) is 6.54 Å². The molecule has 0 fully saturated rings. The summed E-state index contributed by atoms with van der Waals surface area (Å²) < 4.78 is 64.1. The van der Waals surface area contributed by atoms with Crippen LogP contribution in [0.3, 0.4) is 0 Å². The van der Waals surface area contributed by atoms with E-state index < -0.39 is 25.1 Å². The average Bonchev–Trinajstić information content (AvgIpc) is 2.94. The summed E-state index contributed by atoms with van der Waals surface area (Å²) in [6.45, 7) is 1.01. The van der Waals surface area contributed by atoms with Crippen LogP contribution in [0.2, 0.25) is 0 Å². The van der Waals surface area contributed by atoms with Crippen LogP contribution in [-0.2, 0) is 39.8 Å². The van der Waals surface area contributed by atoms with Crippen LogP contribution in [0.5, 0.6) is 0 Å². The fourth-order valence-corrected chi connectivity index (χ4v) is 4.43. The van der Waals surface area contributed by atoms with Gasteiger partial charge in [0.05, 0.1) is 9.79 Å². The number of nitrogens with one attached hydrogen (secondary N) is 1. The number of aryl methyl sites for hydroxylation is 2. The first-order valence-corrected chi connectivity index (χ1v) is 11.3. The van der Waals surface area contributed by atoms with Gasteiger partial charge in [0.25, 0.3) is 0 Å². The van der Waals surface area contributed by atoms with E-state index in [1.54, 1.807) is 4.57 Å². The van der Waals surface area contributed by atoms with Gasteiger partial charge in [-0.25, -0.2) is 22.6 Å². The predicted molar refractivity (Wildman–Crippen MR) is 94.0 cm³/mol. The molecule has 0 bridgehead atoms. The molecule has 9 nitrogen and oxygen atoms in total. The van der Waals surface area contributed by atoms with Gasteiger partial charge < -0.3 is 0 Å². The molecule has 0 radical (unpaired) electrons. The van der Waals surface area contributed by atoms with E-state index in [1.807, 2.05) is 0 Å². The fourth-order valence-electron chi connectivity index (χ4n) is 2.89. The van der Waals surface area contributed by atoms with Crippen LogP contribution >= 0.6 is 0 Å². The topological polar surface area (TPSA) is 120 Å². The Morgan fingerprint density at radius 1 is 1.07 bits per heavy atom. The van der Waals surface area contributed by atoms with E-state index in [2.05, 4.69) is 9.82 Å². The molecule has 0 aliphatic carbocycles. The lowest BCUT2D eigenvalue weighted by atomic mass is 10.2. The molecule has 0 amide bonds. The maximum absolute atomic E-state index is 12.8. The molecule has 27 heavy (non-hydrogen) atoms. The van der Waals surface area contributed by atoms with Crippen LogP contribution in [0.4, 0.5) is 3.89 Å². The van der Waals surface area contributed by atoms with E-state index in [9.17, 15) is 25.5 Å². The molecule has 1 aromatic carbocycles. The second-order valence-electron chi connectivity index (χ2n) is 6.19. The molecule has 0 saturated carbocycles. The highest BCUT2D eigenvalue weighted by Crippen LogP contribution is 2.16. The number of halogens is 1. The first-order valence-electron chi connectivity index (χ1n) is 8.39. The third kappa shape index (κ3) is 4.45. The van der Waals surface area contributed by atoms with Gasteiger partial charge in [-0.05, 0) is 43.5 Å². The summed E-state index contributed by atoms with van der Waals surface area (Å²) >= 11 is 0. The minimum Gasteiger partial charge on any atom is -0.279 e. The van der Waals surface area contributed by atoms with Gasteiger partial charge in [-0.3, -0.25) is 4.57 Å². The molecule has 3 rings (SSSR count). The summed E-state index contributed by atoms with van der Waals surface area (Å²) in [5.41, 5.74) is -0.185. The lowest BCUT2D eigenvalue weighted by Crippen LogP contribution is -2.29. The molecule has 2 heterocycles. The zero-order valence-corrected chi connectivity index (χ0v) is 16.0. The molecule has 0 unspecified atom stereocenters. The number of benzene rings is 1. The Kier molecular flexibility index (Phi) is 5.49. The predicted octanol–water partition coefficient (Wildman–Crippen LogP) is 0.408. The van der Waals surface area contributed by atoms with Crippen molar-refractivity contribution >= 4 is 20.2 Å². The second kappa shape index (κ2) is 7.52. The Labute approximate surface area is 156 Å². The summed E-state index contributed by atoms with van der Waals surface area (Å²) in [6, 6.07) is 3.81. The third-order valence-corrected chi connectivity index (χ3v) is 6.60. The van der Waals surface area contributed by atoms with E-state index in [4.69, 9.17) is 0 Å². The summed E-state index contributed by atoms with van der Waals surface area (Å²) in [5, 5.41) is 4.27. The van der Waals surface area contributed by atoms with Gasteiger partial charge in [0, 0.05) is 26.1 Å². The number of fused-ring (bicyclic) bond motifs is 1. The van der Waals surface area contributed by atoms with Gasteiger partial charge in [-0.1, -0.05) is 0 Å². The molecule has 148 valence electrons. The zero-order valence-electron chi connectivity index (χ0n) is 14.3. The summed E-state index contributed by atoms with van der Waals surface area (Å²) in [7, 11) is -8.75. The molecule has 1 aromatic heterocycles. The largest absolute Gasteiger partial charge is 0.345 e. The molecule has 1 aliphatic heterocycles. The lowest BCUT2D eigenvalue weighted by molar-refractivity contribution is 0.508. The molecule has 2 aromatic rings. The standard InChI is InChI=1S/C15H19FN4O5S2/c16-26(22,23)12-5-7-13(8-6-12)27(24,25)17-9-3-11-20-15(21)19-10-2-1-4-14(19)18-20/h5-8,17H,1-4,9-11H2. The van der Waals surface area contributed by atoms with E-state index >= 15 is 0 Å². The summed E-state index contributed by atoms with van der Waals surface area (Å²) in [5.74, 6) is 0.759. The normalized spacial score (nSPS) is 14.9. The highest BCUT2D eigenvalue weighted by atomic mass is 32.3. The first-order chi connectivity index (χ1) is 12.7. The molecular formula is C15H19FN4O5S2. The minimum atomic E-state index is -4.88. The molecule has 0 atom stereocenters. The number of rotatable bonds is 7. The lowest BCUT2D eigenvalue weighted by Gasteiger charge is -2.09. The number of hydrogen-bond acceptors (Lipinski definition) is 6. The van der Waals surface area contributed by atoms with Gasteiger partial charge >= 0.3 is 15.9 Å². The average molecular weight is 418 g/mol. The fraction of sp³-hybridized carbons (Fsp3) is 0.467. The quantitative estimate of drug-likeness (QED) is 0.514. The molecule has 1 aliphatic rings. The number of hydrogen-bond donors (Lipinski definition) is 1. The monoisotopic (exact) mass is 418 g/mol. The van der Waals surface area contributed by atoms with Crippen LogP contribution in [0, 0.1) is 0 Å². The Morgan fingerprint density at radius 2 is 1.74 bits per heavy atom. The number of sulfonamides is 1. The third-order valence-electron chi connectivity index (χ3n) is 4.29. The molecule has 0 saturated heterocycles. The van der Waals surface area contributed by atoms with Gasteiger partial charge in [0.1, 0.15) is 5.82 Å². The van der Waals surface area contributed by atoms with Crippen molar-refractivity contribution in [2.24, 2.45) is 0 Å². The van der Waals surface area contributed by atoms with Gasteiger partial charge in [0.15, 0.2) is 0 Å². The van der Waals surface area contributed by atoms with Crippen molar-refractivity contribution in [1.29, 1.82) is 0 Å². The highest BCUT2D eigenvalue weighted by Gasteiger charge is 2.18. The number of aromatic nitrogens is 3. The van der Waals surface area contributed by atoms with E-state index in [-0.39, 0.29) is 23.7 Å². The van der Waals surface area contributed by atoms with Crippen LogP contribution in [0.25, 0.3) is 0 Å². The van der Waals surface area contributed by atoms with Crippen molar-refractivity contribution in [3.05, 3.63) is 40.6 Å². The molecule has 12 heteroatoms. The summed E-state index contributed by atoms with van der Waals surface area (Å²) in [4.78, 5) is 11.4. The van der Waals surface area contributed by atoms with Gasteiger partial charge in [0.2, 0.25) is 10.0 Å². The minimum absolute atomic E-state index is 0.0696. The Hall–Kier alpha value is -2.05. The van der Waals surface area contributed by atoms with Crippen LogP contribution in [0.15, 0.2) is 38.9 Å². The Balaban J connectivity index is 1.58. The maximum Gasteiger partial charge on any atom is 0.345 e. The van der Waals surface area contributed by atoms with Crippen molar-refractivity contribution in [3.8, 4) is 0 Å². The van der Waals surface area contributed by atoms with E-state index in [0.29, 0.717) is 13.0 Å². The van der Waals surface area contributed by atoms with Crippen molar-refractivity contribution in [1.82, 2.24) is 19.1 Å². The highest BCUT2D eigenvalue weighted by molar-refractivity contribution is 7.89. The van der Waals surface area contributed by atoms with Crippen molar-refractivity contribution < 1.29 is 20.7 Å². The Morgan fingerprint density at radius 3 is 2.37 bits per heavy atom. The maximum atomic E-state index is 12.8. The summed E-state index contributed by atoms with van der Waals surface area (Å²) in [6.07, 6.45) is 3.06. The van der Waals surface area contributed by atoms with Gasteiger partial charge in [-0.2, -0.15) is 13.5 Å². The van der Waals surface area contributed by atoms with Crippen LogP contribution in [0.1, 0.15) is 25.1 Å². The van der Waals surface area contributed by atoms with Crippen molar-refractivity contribution in [2.45, 2.75) is 48.6 Å². The van der Waals surface area contributed by atoms with E-state index in [1.165, 1.54) is 4.68 Å². The van der Waals surface area contributed by atoms with Crippen LogP contribution in [-0.4, -0.2) is 37.7 Å². The molecule has 1 N–H and O–H groups in total. The Bertz CT molecular complexity index is 1090. The number of nitrogens with zero attached hydrogens (tertiary/aromatic N) is 3. The first kappa shape index (κ1) is 19.7. The SMILES string of the molecule is O=c1n(CCCNS(=O)(=O)c2ccc(S(=O)(=O)F)cc2)nc2n1CCCC2. The van der Waals surface area contributed by atoms with E-state index in [0.717, 1.165) is 49.4 Å².